The summed E-state index contributed by atoms with van der Waals surface area (Å²) in [5.41, 5.74) is 0. The summed E-state index contributed by atoms with van der Waals surface area (Å²) in [4.78, 5) is 72.8. The monoisotopic (exact) mass is 1420 g/mol. The minimum absolute atomic E-state index is 0.106. The normalized spacial score (nSPS) is 14.0. The van der Waals surface area contributed by atoms with Crippen LogP contribution in [0, 0.1) is 11.8 Å². The number of hydrogen-bond acceptors (Lipinski definition) is 15. The van der Waals surface area contributed by atoms with Crippen molar-refractivity contribution in [2.75, 3.05) is 39.6 Å². The van der Waals surface area contributed by atoms with Gasteiger partial charge >= 0.3 is 39.5 Å². The van der Waals surface area contributed by atoms with E-state index < -0.39 is 97.5 Å². The first-order chi connectivity index (χ1) is 46.9. The lowest BCUT2D eigenvalue weighted by Gasteiger charge is -2.21. The standard InChI is InChI=1S/C78H152O17P2/c1-7-9-11-13-15-17-18-19-20-21-22-23-24-25-26-27-28-31-38-44-50-56-62-77(82)95-74(67-89-76(81)61-55-49-43-37-32-29-30-35-40-46-52-58-70(3)4)69-93-97(86,87)91-65-72(79)64-90-96(84,85)92-68-73(66-88-75(80)60-54-48-42-16-14-12-10-8-2)94-78(83)63-57-51-45-39-34-33-36-41-47-53-59-71(5)6/h70-74,79H,7-69H2,1-6H3,(H,84,85)(H,86,87)/t72-,73+,74+/m0/s1. The summed E-state index contributed by atoms with van der Waals surface area (Å²) in [7, 11) is -9.91. The third kappa shape index (κ3) is 72.2. The molecule has 0 amide bonds. The van der Waals surface area contributed by atoms with Crippen molar-refractivity contribution in [1.29, 1.82) is 0 Å². The molecule has 5 atom stereocenters. The van der Waals surface area contributed by atoms with E-state index in [1.807, 2.05) is 0 Å². The van der Waals surface area contributed by atoms with Crippen molar-refractivity contribution in [3.05, 3.63) is 0 Å². The lowest BCUT2D eigenvalue weighted by atomic mass is 10.0. The molecule has 17 nitrogen and oxygen atoms in total. The molecule has 0 heterocycles. The molecule has 3 N–H and O–H groups in total. The first kappa shape index (κ1) is 95.1. The maximum atomic E-state index is 13.1. The molecule has 0 rings (SSSR count). The van der Waals surface area contributed by atoms with Crippen LogP contribution in [0.25, 0.3) is 0 Å². The summed E-state index contributed by atoms with van der Waals surface area (Å²) < 4.78 is 68.5. The summed E-state index contributed by atoms with van der Waals surface area (Å²) in [6, 6.07) is 0. The molecular formula is C78H152O17P2. The molecule has 0 bridgehead atoms. The Bertz CT molecular complexity index is 1870. The Kier molecular flexibility index (Phi) is 68.4. The Morgan fingerprint density at radius 2 is 0.474 bits per heavy atom. The van der Waals surface area contributed by atoms with Crippen LogP contribution in [0.2, 0.25) is 0 Å². The van der Waals surface area contributed by atoms with E-state index in [1.165, 1.54) is 218 Å². The van der Waals surface area contributed by atoms with Crippen LogP contribution in [0.15, 0.2) is 0 Å². The topological polar surface area (TPSA) is 237 Å². The molecule has 0 aromatic rings. The molecule has 0 radical (unpaired) electrons. The van der Waals surface area contributed by atoms with Crippen molar-refractivity contribution in [3.63, 3.8) is 0 Å². The second kappa shape index (κ2) is 69.8. The van der Waals surface area contributed by atoms with Crippen molar-refractivity contribution in [3.8, 4) is 0 Å². The molecule has 0 aromatic heterocycles. The van der Waals surface area contributed by atoms with E-state index >= 15 is 0 Å². The molecule has 19 heteroatoms. The molecule has 0 aliphatic heterocycles. The number of carbonyl (C=O) groups is 4. The van der Waals surface area contributed by atoms with Crippen LogP contribution in [0.1, 0.15) is 408 Å². The van der Waals surface area contributed by atoms with Gasteiger partial charge in [0.05, 0.1) is 26.4 Å². The van der Waals surface area contributed by atoms with Crippen molar-refractivity contribution in [1.82, 2.24) is 0 Å². The van der Waals surface area contributed by atoms with Gasteiger partial charge in [0.15, 0.2) is 12.2 Å². The first-order valence-electron chi connectivity index (χ1n) is 40.5. The van der Waals surface area contributed by atoms with Crippen molar-refractivity contribution < 1.29 is 80.2 Å². The summed E-state index contributed by atoms with van der Waals surface area (Å²) >= 11 is 0. The third-order valence-corrected chi connectivity index (χ3v) is 20.1. The predicted molar refractivity (Wildman–Crippen MR) is 395 cm³/mol. The van der Waals surface area contributed by atoms with E-state index in [1.54, 1.807) is 0 Å². The fourth-order valence-electron chi connectivity index (χ4n) is 12.0. The molecule has 0 spiro atoms. The Morgan fingerprint density at radius 1 is 0.278 bits per heavy atom. The van der Waals surface area contributed by atoms with Gasteiger partial charge in [-0.25, -0.2) is 9.13 Å². The zero-order valence-electron chi connectivity index (χ0n) is 63.4. The number of phosphoric ester groups is 2. The summed E-state index contributed by atoms with van der Waals surface area (Å²) in [5.74, 6) is -0.594. The summed E-state index contributed by atoms with van der Waals surface area (Å²) in [6.45, 7) is 9.57. The average Bonchev–Trinajstić information content (AvgIpc) is 2.50. The third-order valence-electron chi connectivity index (χ3n) is 18.2. The van der Waals surface area contributed by atoms with E-state index in [0.717, 1.165) is 108 Å². The van der Waals surface area contributed by atoms with Gasteiger partial charge in [-0.2, -0.15) is 0 Å². The van der Waals surface area contributed by atoms with Gasteiger partial charge in [-0.05, 0) is 37.5 Å². The number of rotatable bonds is 77. The minimum atomic E-state index is -4.96. The van der Waals surface area contributed by atoms with E-state index in [0.29, 0.717) is 25.7 Å². The molecule has 576 valence electrons. The maximum Gasteiger partial charge on any atom is 0.472 e. The molecule has 0 saturated heterocycles. The smallest absolute Gasteiger partial charge is 0.462 e. The summed E-state index contributed by atoms with van der Waals surface area (Å²) in [6.07, 6.45) is 58.5. The summed E-state index contributed by atoms with van der Waals surface area (Å²) in [5, 5.41) is 10.6. The van der Waals surface area contributed by atoms with E-state index in [4.69, 9.17) is 37.0 Å². The average molecular weight is 1420 g/mol. The van der Waals surface area contributed by atoms with Gasteiger partial charge in [-0.3, -0.25) is 37.3 Å². The molecule has 0 aliphatic rings. The molecule has 2 unspecified atom stereocenters. The quantitative estimate of drug-likeness (QED) is 0.0222. The van der Waals surface area contributed by atoms with E-state index in [9.17, 15) is 43.2 Å². The largest absolute Gasteiger partial charge is 0.472 e. The predicted octanol–water partition coefficient (Wildman–Crippen LogP) is 23.1. The molecule has 0 fully saturated rings. The Labute approximate surface area is 594 Å². The van der Waals surface area contributed by atoms with Crippen LogP contribution >= 0.6 is 15.6 Å². The number of carbonyl (C=O) groups excluding carboxylic acids is 4. The Balaban J connectivity index is 5.17. The van der Waals surface area contributed by atoms with Gasteiger partial charge < -0.3 is 33.8 Å². The van der Waals surface area contributed by atoms with Crippen LogP contribution in [0.5, 0.6) is 0 Å². The van der Waals surface area contributed by atoms with E-state index in [-0.39, 0.29) is 25.7 Å². The molecule has 0 saturated carbocycles. The van der Waals surface area contributed by atoms with Crippen LogP contribution in [-0.2, 0) is 65.4 Å². The van der Waals surface area contributed by atoms with Gasteiger partial charge in [0.25, 0.3) is 0 Å². The minimum Gasteiger partial charge on any atom is -0.462 e. The highest BCUT2D eigenvalue weighted by molar-refractivity contribution is 7.47. The SMILES string of the molecule is CCCCCCCCCCCCCCCCCCCCCCCCC(=O)O[C@H](COC(=O)CCCCCCCCCCCCCC(C)C)COP(=O)(O)OC[C@@H](O)COP(=O)(O)OC[C@@H](COC(=O)CCCCCCCCCC)OC(=O)CCCCCCCCCCCCC(C)C. The van der Waals surface area contributed by atoms with Gasteiger partial charge in [-0.1, -0.05) is 356 Å². The molecular weight excluding hydrogens is 1270 g/mol. The fraction of sp³-hybridized carbons (Fsp3) is 0.949. The number of aliphatic hydroxyl groups is 1. The van der Waals surface area contributed by atoms with Gasteiger partial charge in [-0.15, -0.1) is 0 Å². The lowest BCUT2D eigenvalue weighted by molar-refractivity contribution is -0.161. The fourth-order valence-corrected chi connectivity index (χ4v) is 13.6. The zero-order valence-corrected chi connectivity index (χ0v) is 65.2. The number of hydrogen-bond donors (Lipinski definition) is 3. The number of phosphoric acid groups is 2. The van der Waals surface area contributed by atoms with Crippen LogP contribution in [-0.4, -0.2) is 96.7 Å². The highest BCUT2D eigenvalue weighted by Crippen LogP contribution is 2.45. The Morgan fingerprint density at radius 3 is 0.701 bits per heavy atom. The Hall–Kier alpha value is -1.94. The lowest BCUT2D eigenvalue weighted by Crippen LogP contribution is -2.30. The zero-order chi connectivity index (χ0) is 71.4. The molecule has 0 aromatic carbocycles. The van der Waals surface area contributed by atoms with Crippen LogP contribution < -0.4 is 0 Å². The molecule has 97 heavy (non-hydrogen) atoms. The second-order valence-electron chi connectivity index (χ2n) is 29.1. The van der Waals surface area contributed by atoms with Crippen molar-refractivity contribution in [2.45, 2.75) is 426 Å². The van der Waals surface area contributed by atoms with Gasteiger partial charge in [0.2, 0.25) is 0 Å². The second-order valence-corrected chi connectivity index (χ2v) is 32.0. The van der Waals surface area contributed by atoms with Gasteiger partial charge in [0, 0.05) is 25.7 Å². The van der Waals surface area contributed by atoms with Crippen molar-refractivity contribution in [2.24, 2.45) is 11.8 Å². The highest BCUT2D eigenvalue weighted by atomic mass is 31.2. The first-order valence-corrected chi connectivity index (χ1v) is 43.5. The highest BCUT2D eigenvalue weighted by Gasteiger charge is 2.30. The van der Waals surface area contributed by atoms with Gasteiger partial charge in [0.1, 0.15) is 19.3 Å². The number of unbranched alkanes of at least 4 members (excludes halogenated alkanes) is 47. The van der Waals surface area contributed by atoms with E-state index in [2.05, 4.69) is 41.5 Å². The van der Waals surface area contributed by atoms with Crippen LogP contribution in [0.4, 0.5) is 0 Å². The maximum absolute atomic E-state index is 13.1. The number of aliphatic hydroxyl groups excluding tert-OH is 1. The number of ether oxygens (including phenoxy) is 4. The molecule has 0 aliphatic carbocycles. The van der Waals surface area contributed by atoms with Crippen molar-refractivity contribution >= 4 is 39.5 Å². The van der Waals surface area contributed by atoms with Crippen LogP contribution in [0.3, 0.4) is 0 Å². The number of esters is 4.